The van der Waals surface area contributed by atoms with Gasteiger partial charge >= 0.3 is 0 Å². The lowest BCUT2D eigenvalue weighted by Crippen LogP contribution is -2.50. The molecule has 8 nitrogen and oxygen atoms in total. The zero-order valence-corrected chi connectivity index (χ0v) is 18.6. The highest BCUT2D eigenvalue weighted by atomic mass is 35.5. The van der Waals surface area contributed by atoms with Crippen LogP contribution in [-0.2, 0) is 9.59 Å². The summed E-state index contributed by atoms with van der Waals surface area (Å²) in [5.74, 6) is 0.657. The van der Waals surface area contributed by atoms with Gasteiger partial charge in [-0.25, -0.2) is 0 Å². The maximum Gasteiger partial charge on any atom is 0.227 e. The van der Waals surface area contributed by atoms with Crippen LogP contribution in [0.3, 0.4) is 0 Å². The molecule has 0 spiro atoms. The number of rotatable bonds is 9. The summed E-state index contributed by atoms with van der Waals surface area (Å²) >= 11 is 0. The first-order chi connectivity index (χ1) is 13.3. The van der Waals surface area contributed by atoms with Crippen LogP contribution in [0.4, 0.5) is 5.69 Å². The molecule has 3 N–H and O–H groups in total. The minimum absolute atomic E-state index is 0. The van der Waals surface area contributed by atoms with Gasteiger partial charge in [-0.15, -0.1) is 12.4 Å². The predicted octanol–water partition coefficient (Wildman–Crippen LogP) is 2.12. The average molecular weight is 430 g/mol. The Labute approximate surface area is 178 Å². The monoisotopic (exact) mass is 429 g/mol. The van der Waals surface area contributed by atoms with Gasteiger partial charge < -0.3 is 30.2 Å². The fourth-order valence-electron chi connectivity index (χ4n) is 3.26. The van der Waals surface area contributed by atoms with Crippen molar-refractivity contribution in [2.24, 2.45) is 11.7 Å². The fraction of sp³-hybridized carbons (Fsp3) is 0.600. The van der Waals surface area contributed by atoms with Crippen LogP contribution in [0, 0.1) is 5.92 Å². The standard InChI is InChI=1S/C20H31N3O5.ClH/c1-6-20(21,7-2)12-22-19(25)13-8-17(24)23(11-13)14-9-15(26-3)18(28-5)16(10-14)27-4;/h9-10,13H,6-8,11-12,21H2,1-5H3,(H,22,25);1H. The molecule has 9 heteroatoms. The number of hydrogen-bond acceptors (Lipinski definition) is 6. The van der Waals surface area contributed by atoms with Gasteiger partial charge in [0.2, 0.25) is 17.6 Å². The third-order valence-corrected chi connectivity index (χ3v) is 5.48. The van der Waals surface area contributed by atoms with Crippen LogP contribution in [-0.4, -0.2) is 51.8 Å². The van der Waals surface area contributed by atoms with Gasteiger partial charge in [0.25, 0.3) is 0 Å². The topological polar surface area (TPSA) is 103 Å². The molecule has 1 unspecified atom stereocenters. The quantitative estimate of drug-likeness (QED) is 0.623. The number of carbonyl (C=O) groups excluding carboxylic acids is 2. The number of nitrogens with two attached hydrogens (primary N) is 1. The zero-order valence-electron chi connectivity index (χ0n) is 17.7. The van der Waals surface area contributed by atoms with Crippen molar-refractivity contribution in [3.05, 3.63) is 12.1 Å². The smallest absolute Gasteiger partial charge is 0.227 e. The van der Waals surface area contributed by atoms with E-state index in [9.17, 15) is 9.59 Å². The molecule has 1 heterocycles. The molecule has 1 aliphatic heterocycles. The summed E-state index contributed by atoms with van der Waals surface area (Å²) in [6, 6.07) is 3.41. The van der Waals surface area contributed by atoms with Crippen molar-refractivity contribution in [2.75, 3.05) is 39.3 Å². The van der Waals surface area contributed by atoms with Crippen LogP contribution in [0.25, 0.3) is 0 Å². The summed E-state index contributed by atoms with van der Waals surface area (Å²) in [6.45, 7) is 4.69. The average Bonchev–Trinajstić information content (AvgIpc) is 3.12. The van der Waals surface area contributed by atoms with E-state index in [0.717, 1.165) is 12.8 Å². The lowest BCUT2D eigenvalue weighted by molar-refractivity contribution is -0.126. The molecular formula is C20H32ClN3O5. The van der Waals surface area contributed by atoms with E-state index in [2.05, 4.69) is 5.32 Å². The number of anilines is 1. The molecule has 1 fully saturated rings. The van der Waals surface area contributed by atoms with Crippen molar-refractivity contribution in [3.63, 3.8) is 0 Å². The molecule has 1 aliphatic rings. The van der Waals surface area contributed by atoms with Gasteiger partial charge in [-0.05, 0) is 12.8 Å². The predicted molar refractivity (Wildman–Crippen MR) is 114 cm³/mol. The van der Waals surface area contributed by atoms with Gasteiger partial charge in [0.05, 0.1) is 32.9 Å². The number of nitrogens with one attached hydrogen (secondary N) is 1. The van der Waals surface area contributed by atoms with Crippen molar-refractivity contribution in [1.29, 1.82) is 0 Å². The van der Waals surface area contributed by atoms with Crippen molar-refractivity contribution in [1.82, 2.24) is 5.32 Å². The number of methoxy groups -OCH3 is 3. The Morgan fingerprint density at radius 3 is 2.17 bits per heavy atom. The maximum atomic E-state index is 12.6. The molecule has 164 valence electrons. The molecule has 1 aromatic carbocycles. The van der Waals surface area contributed by atoms with Gasteiger partial charge in [0.15, 0.2) is 11.5 Å². The number of nitrogens with zero attached hydrogens (tertiary/aromatic N) is 1. The number of benzene rings is 1. The van der Waals surface area contributed by atoms with E-state index in [1.54, 1.807) is 17.0 Å². The molecule has 0 aromatic heterocycles. The maximum absolute atomic E-state index is 12.6. The first-order valence-corrected chi connectivity index (χ1v) is 9.49. The molecular weight excluding hydrogens is 398 g/mol. The van der Waals surface area contributed by atoms with E-state index in [4.69, 9.17) is 19.9 Å². The lowest BCUT2D eigenvalue weighted by atomic mass is 9.94. The van der Waals surface area contributed by atoms with Crippen molar-refractivity contribution in [2.45, 2.75) is 38.6 Å². The second kappa shape index (κ2) is 10.5. The minimum Gasteiger partial charge on any atom is -0.493 e. The van der Waals surface area contributed by atoms with Crippen LogP contribution in [0.2, 0.25) is 0 Å². The highest BCUT2D eigenvalue weighted by Crippen LogP contribution is 2.42. The highest BCUT2D eigenvalue weighted by molar-refractivity contribution is 6.00. The molecule has 1 saturated heterocycles. The Balaban J connectivity index is 0.00000420. The largest absolute Gasteiger partial charge is 0.493 e. The Morgan fingerprint density at radius 1 is 1.17 bits per heavy atom. The van der Waals surface area contributed by atoms with Crippen LogP contribution < -0.4 is 30.2 Å². The summed E-state index contributed by atoms with van der Waals surface area (Å²) in [5.41, 5.74) is 6.43. The first-order valence-electron chi connectivity index (χ1n) is 9.49. The molecule has 0 saturated carbocycles. The van der Waals surface area contributed by atoms with E-state index in [0.29, 0.717) is 36.0 Å². The second-order valence-corrected chi connectivity index (χ2v) is 7.08. The summed E-state index contributed by atoms with van der Waals surface area (Å²) in [5, 5.41) is 2.91. The van der Waals surface area contributed by atoms with Crippen molar-refractivity contribution in [3.8, 4) is 17.2 Å². The van der Waals surface area contributed by atoms with E-state index in [-0.39, 0.29) is 30.6 Å². The SMILES string of the molecule is CCC(N)(CC)CNC(=O)C1CC(=O)N(c2cc(OC)c(OC)c(OC)c2)C1.Cl. The Kier molecular flexibility index (Phi) is 9.04. The number of halogens is 1. The summed E-state index contributed by atoms with van der Waals surface area (Å²) in [4.78, 5) is 26.7. The lowest BCUT2D eigenvalue weighted by Gasteiger charge is -2.27. The Morgan fingerprint density at radius 2 is 1.72 bits per heavy atom. The van der Waals surface area contributed by atoms with Crippen LogP contribution in [0.5, 0.6) is 17.2 Å². The molecule has 1 atom stereocenters. The molecule has 1 aromatic rings. The van der Waals surface area contributed by atoms with E-state index in [1.165, 1.54) is 21.3 Å². The van der Waals surface area contributed by atoms with Gasteiger partial charge in [-0.3, -0.25) is 9.59 Å². The fourth-order valence-corrected chi connectivity index (χ4v) is 3.26. The molecule has 2 rings (SSSR count). The molecule has 29 heavy (non-hydrogen) atoms. The van der Waals surface area contributed by atoms with E-state index < -0.39 is 11.5 Å². The number of hydrogen-bond donors (Lipinski definition) is 2. The molecule has 2 amide bonds. The normalized spacial score (nSPS) is 16.3. The van der Waals surface area contributed by atoms with E-state index >= 15 is 0 Å². The second-order valence-electron chi connectivity index (χ2n) is 7.08. The van der Waals surface area contributed by atoms with Gasteiger partial charge in [0, 0.05) is 37.2 Å². The Hall–Kier alpha value is -2.19. The zero-order chi connectivity index (χ0) is 20.9. The Bertz CT molecular complexity index is 699. The van der Waals surface area contributed by atoms with Crippen LogP contribution >= 0.6 is 12.4 Å². The van der Waals surface area contributed by atoms with Crippen molar-refractivity contribution >= 4 is 29.9 Å². The third kappa shape index (κ3) is 5.45. The first kappa shape index (κ1) is 24.8. The number of amides is 2. The molecule has 0 radical (unpaired) electrons. The number of ether oxygens (including phenoxy) is 3. The van der Waals surface area contributed by atoms with E-state index in [1.807, 2.05) is 13.8 Å². The van der Waals surface area contributed by atoms with Gasteiger partial charge in [-0.2, -0.15) is 0 Å². The van der Waals surface area contributed by atoms with Gasteiger partial charge in [0.1, 0.15) is 0 Å². The van der Waals surface area contributed by atoms with Crippen LogP contribution in [0.1, 0.15) is 33.1 Å². The summed E-state index contributed by atoms with van der Waals surface area (Å²) in [7, 11) is 4.55. The molecule has 0 bridgehead atoms. The minimum atomic E-state index is -0.426. The van der Waals surface area contributed by atoms with Gasteiger partial charge in [-0.1, -0.05) is 13.8 Å². The summed E-state index contributed by atoms with van der Waals surface area (Å²) in [6.07, 6.45) is 1.69. The van der Waals surface area contributed by atoms with Crippen molar-refractivity contribution < 1.29 is 23.8 Å². The highest BCUT2D eigenvalue weighted by Gasteiger charge is 2.36. The third-order valence-electron chi connectivity index (χ3n) is 5.48. The summed E-state index contributed by atoms with van der Waals surface area (Å²) < 4.78 is 16.0. The number of carbonyl (C=O) groups is 2. The molecule has 0 aliphatic carbocycles. The van der Waals surface area contributed by atoms with Crippen LogP contribution in [0.15, 0.2) is 12.1 Å².